The molecule has 0 radical (unpaired) electrons. The summed E-state index contributed by atoms with van der Waals surface area (Å²) in [5, 5.41) is 3.00. The van der Waals surface area contributed by atoms with Crippen molar-refractivity contribution in [2.75, 3.05) is 13.1 Å². The molecule has 0 bridgehead atoms. The second kappa shape index (κ2) is 6.55. The van der Waals surface area contributed by atoms with Crippen LogP contribution in [-0.2, 0) is 6.54 Å². The number of imidazole rings is 1. The number of rotatable bonds is 3. The maximum absolute atomic E-state index is 12.5. The molecule has 3 heterocycles. The van der Waals surface area contributed by atoms with Crippen molar-refractivity contribution in [1.29, 1.82) is 0 Å². The quantitative estimate of drug-likeness (QED) is 0.800. The maximum Gasteiger partial charge on any atom is 0.317 e. The summed E-state index contributed by atoms with van der Waals surface area (Å²) in [6.07, 6.45) is 2.71. The SMILES string of the molecule is Cc1nc2cccnc2n1[C@@H]1CCN(C(=O)NCc2ccccc2)C1. The van der Waals surface area contributed by atoms with Crippen LogP contribution in [0.1, 0.15) is 23.9 Å². The van der Waals surface area contributed by atoms with Crippen molar-refractivity contribution in [3.8, 4) is 0 Å². The number of fused-ring (bicyclic) bond motifs is 1. The third-order valence-electron chi connectivity index (χ3n) is 4.73. The first-order valence-corrected chi connectivity index (χ1v) is 8.58. The van der Waals surface area contributed by atoms with Crippen molar-refractivity contribution in [3.05, 3.63) is 60.0 Å². The van der Waals surface area contributed by atoms with E-state index in [0.717, 1.165) is 35.5 Å². The standard InChI is InChI=1S/C19H21N5O/c1-14-22-17-8-5-10-20-18(17)24(14)16-9-11-23(13-16)19(25)21-12-15-6-3-2-4-7-15/h2-8,10,16H,9,11-13H2,1H3,(H,21,25)/t16-/m1/s1. The van der Waals surface area contributed by atoms with Crippen LogP contribution in [0.3, 0.4) is 0 Å². The van der Waals surface area contributed by atoms with E-state index in [4.69, 9.17) is 0 Å². The molecule has 0 aliphatic carbocycles. The Labute approximate surface area is 146 Å². The third kappa shape index (κ3) is 3.07. The molecule has 25 heavy (non-hydrogen) atoms. The zero-order valence-electron chi connectivity index (χ0n) is 14.2. The summed E-state index contributed by atoms with van der Waals surface area (Å²) in [5.41, 5.74) is 2.91. The highest BCUT2D eigenvalue weighted by Gasteiger charge is 2.29. The largest absolute Gasteiger partial charge is 0.334 e. The lowest BCUT2D eigenvalue weighted by Crippen LogP contribution is -2.38. The monoisotopic (exact) mass is 335 g/mol. The molecule has 1 N–H and O–H groups in total. The summed E-state index contributed by atoms with van der Waals surface area (Å²) in [5.74, 6) is 0.949. The highest BCUT2D eigenvalue weighted by Crippen LogP contribution is 2.26. The number of nitrogens with one attached hydrogen (secondary N) is 1. The minimum Gasteiger partial charge on any atom is -0.334 e. The average molecular weight is 335 g/mol. The Kier molecular flexibility index (Phi) is 4.09. The molecule has 1 saturated heterocycles. The third-order valence-corrected chi connectivity index (χ3v) is 4.73. The number of hydrogen-bond acceptors (Lipinski definition) is 3. The first-order chi connectivity index (χ1) is 12.2. The van der Waals surface area contributed by atoms with Gasteiger partial charge < -0.3 is 14.8 Å². The van der Waals surface area contributed by atoms with Crippen molar-refractivity contribution in [1.82, 2.24) is 24.8 Å². The predicted octanol–water partition coefficient (Wildman–Crippen LogP) is 2.90. The number of amides is 2. The van der Waals surface area contributed by atoms with E-state index >= 15 is 0 Å². The number of carbonyl (C=O) groups excluding carboxylic acids is 1. The van der Waals surface area contributed by atoms with Crippen LogP contribution in [0.2, 0.25) is 0 Å². The van der Waals surface area contributed by atoms with E-state index in [0.29, 0.717) is 13.1 Å². The van der Waals surface area contributed by atoms with E-state index in [1.165, 1.54) is 0 Å². The van der Waals surface area contributed by atoms with Gasteiger partial charge >= 0.3 is 6.03 Å². The Morgan fingerprint density at radius 1 is 1.24 bits per heavy atom. The summed E-state index contributed by atoms with van der Waals surface area (Å²) in [6, 6.07) is 14.0. The Hall–Kier alpha value is -2.89. The fourth-order valence-electron chi connectivity index (χ4n) is 3.50. The zero-order chi connectivity index (χ0) is 17.2. The number of carbonyl (C=O) groups is 1. The number of likely N-dealkylation sites (tertiary alicyclic amines) is 1. The first-order valence-electron chi connectivity index (χ1n) is 8.58. The number of urea groups is 1. The highest BCUT2D eigenvalue weighted by molar-refractivity contribution is 5.75. The Bertz CT molecular complexity index is 889. The summed E-state index contributed by atoms with van der Waals surface area (Å²) < 4.78 is 2.17. The second-order valence-electron chi connectivity index (χ2n) is 6.41. The van der Waals surface area contributed by atoms with Gasteiger partial charge in [0.25, 0.3) is 0 Å². The van der Waals surface area contributed by atoms with Crippen LogP contribution >= 0.6 is 0 Å². The topological polar surface area (TPSA) is 63.1 Å². The predicted molar refractivity (Wildman–Crippen MR) is 96.2 cm³/mol. The van der Waals surface area contributed by atoms with E-state index in [2.05, 4.69) is 19.9 Å². The van der Waals surface area contributed by atoms with Gasteiger partial charge in [-0.3, -0.25) is 0 Å². The van der Waals surface area contributed by atoms with E-state index in [9.17, 15) is 4.79 Å². The van der Waals surface area contributed by atoms with Gasteiger partial charge in [0, 0.05) is 25.8 Å². The fraction of sp³-hybridized carbons (Fsp3) is 0.316. The molecule has 1 aliphatic rings. The minimum absolute atomic E-state index is 0.0126. The lowest BCUT2D eigenvalue weighted by Gasteiger charge is -2.18. The van der Waals surface area contributed by atoms with Crippen LogP contribution in [-0.4, -0.2) is 38.6 Å². The van der Waals surface area contributed by atoms with Crippen molar-refractivity contribution < 1.29 is 4.79 Å². The van der Waals surface area contributed by atoms with Gasteiger partial charge in [-0.15, -0.1) is 0 Å². The first kappa shape index (κ1) is 15.6. The van der Waals surface area contributed by atoms with Crippen LogP contribution < -0.4 is 5.32 Å². The van der Waals surface area contributed by atoms with Crippen LogP contribution in [0.15, 0.2) is 48.7 Å². The van der Waals surface area contributed by atoms with Gasteiger partial charge in [-0.2, -0.15) is 0 Å². The molecule has 3 aromatic rings. The molecule has 1 fully saturated rings. The molecule has 0 saturated carbocycles. The molecule has 0 unspecified atom stereocenters. The Morgan fingerprint density at radius 2 is 2.08 bits per heavy atom. The molecule has 1 aliphatic heterocycles. The summed E-state index contributed by atoms with van der Waals surface area (Å²) >= 11 is 0. The van der Waals surface area contributed by atoms with Gasteiger partial charge in [0.05, 0.1) is 6.04 Å². The second-order valence-corrected chi connectivity index (χ2v) is 6.41. The maximum atomic E-state index is 12.5. The summed E-state index contributed by atoms with van der Waals surface area (Å²) in [6.45, 7) is 3.98. The number of nitrogens with zero attached hydrogens (tertiary/aromatic N) is 4. The molecule has 128 valence electrons. The van der Waals surface area contributed by atoms with E-state index in [1.807, 2.05) is 54.3 Å². The molecule has 2 amide bonds. The van der Waals surface area contributed by atoms with Crippen molar-refractivity contribution in [3.63, 3.8) is 0 Å². The van der Waals surface area contributed by atoms with Gasteiger partial charge in [0.1, 0.15) is 11.3 Å². The number of aromatic nitrogens is 3. The lowest BCUT2D eigenvalue weighted by molar-refractivity contribution is 0.206. The molecule has 0 spiro atoms. The minimum atomic E-state index is -0.0126. The number of aryl methyl sites for hydroxylation is 1. The van der Waals surface area contributed by atoms with E-state index < -0.39 is 0 Å². The number of pyridine rings is 1. The number of hydrogen-bond donors (Lipinski definition) is 1. The molecule has 1 aromatic carbocycles. The van der Waals surface area contributed by atoms with E-state index in [1.54, 1.807) is 6.20 Å². The average Bonchev–Trinajstić information content (AvgIpc) is 3.24. The Balaban J connectivity index is 1.44. The molecule has 6 nitrogen and oxygen atoms in total. The zero-order valence-corrected chi connectivity index (χ0v) is 14.2. The van der Waals surface area contributed by atoms with Crippen LogP contribution in [0.5, 0.6) is 0 Å². The van der Waals surface area contributed by atoms with Crippen molar-refractivity contribution >= 4 is 17.2 Å². The molecular formula is C19H21N5O. The van der Waals surface area contributed by atoms with Gasteiger partial charge in [0.2, 0.25) is 0 Å². The molecule has 2 aromatic heterocycles. The van der Waals surface area contributed by atoms with Gasteiger partial charge in [-0.05, 0) is 31.0 Å². The smallest absolute Gasteiger partial charge is 0.317 e. The van der Waals surface area contributed by atoms with E-state index in [-0.39, 0.29) is 12.1 Å². The summed E-state index contributed by atoms with van der Waals surface area (Å²) in [4.78, 5) is 23.4. The van der Waals surface area contributed by atoms with Gasteiger partial charge in [-0.1, -0.05) is 30.3 Å². The number of benzene rings is 1. The van der Waals surface area contributed by atoms with Crippen molar-refractivity contribution in [2.24, 2.45) is 0 Å². The normalized spacial score (nSPS) is 17.2. The Morgan fingerprint density at radius 3 is 2.92 bits per heavy atom. The fourth-order valence-corrected chi connectivity index (χ4v) is 3.50. The highest BCUT2D eigenvalue weighted by atomic mass is 16.2. The van der Waals surface area contributed by atoms with Crippen LogP contribution in [0, 0.1) is 6.92 Å². The molecule has 6 heteroatoms. The molecule has 1 atom stereocenters. The molecule has 4 rings (SSSR count). The lowest BCUT2D eigenvalue weighted by atomic mass is 10.2. The van der Waals surface area contributed by atoms with Gasteiger partial charge in [0.15, 0.2) is 5.65 Å². The summed E-state index contributed by atoms with van der Waals surface area (Å²) in [7, 11) is 0. The van der Waals surface area contributed by atoms with Crippen LogP contribution in [0.25, 0.3) is 11.2 Å². The van der Waals surface area contributed by atoms with Crippen molar-refractivity contribution in [2.45, 2.75) is 25.9 Å². The van der Waals surface area contributed by atoms with Gasteiger partial charge in [-0.25, -0.2) is 14.8 Å². The molecular weight excluding hydrogens is 314 g/mol. The van der Waals surface area contributed by atoms with Crippen LogP contribution in [0.4, 0.5) is 4.79 Å².